The molecule has 252 valence electrons. The molecule has 17 nitrogen and oxygen atoms in total. The number of rotatable bonds is 6. The Hall–Kier alpha value is -2.08. The van der Waals surface area contributed by atoms with E-state index in [9.17, 15) is 43.7 Å². The molecule has 44 heavy (non-hydrogen) atoms. The summed E-state index contributed by atoms with van der Waals surface area (Å²) in [5.74, 6) is 0. The van der Waals surface area contributed by atoms with Gasteiger partial charge in [0.15, 0.2) is 12.5 Å². The number of morpholine rings is 2. The lowest BCUT2D eigenvalue weighted by Crippen LogP contribution is -2.48. The van der Waals surface area contributed by atoms with Gasteiger partial charge in [0.1, 0.15) is 6.42 Å². The first-order valence-electron chi connectivity index (χ1n) is 12.7. The summed E-state index contributed by atoms with van der Waals surface area (Å²) in [7, 11) is -3.53. The van der Waals surface area contributed by atoms with Gasteiger partial charge in [-0.2, -0.15) is 0 Å². The van der Waals surface area contributed by atoms with Crippen molar-refractivity contribution < 1.29 is 34.0 Å². The number of nitrogens with one attached hydrogen (secondary N) is 2. The molecule has 2 aliphatic rings. The van der Waals surface area contributed by atoms with Crippen LogP contribution in [0, 0.1) is 13.8 Å². The van der Waals surface area contributed by atoms with E-state index >= 15 is 0 Å². The van der Waals surface area contributed by atoms with Crippen molar-refractivity contribution in [1.29, 1.82) is 0 Å². The van der Waals surface area contributed by atoms with Crippen LogP contribution in [0.3, 0.4) is 0 Å². The number of hydrogen-bond donors (Lipinski definition) is 6. The van der Waals surface area contributed by atoms with Crippen LogP contribution in [-0.4, -0.2) is 113 Å². The molecule has 20 heteroatoms. The van der Waals surface area contributed by atoms with Crippen molar-refractivity contribution in [3.8, 4) is 0 Å². The maximum absolute atomic E-state index is 11.9. The number of ether oxygens (including phenoxy) is 2. The molecule has 2 aromatic heterocycles. The summed E-state index contributed by atoms with van der Waals surface area (Å²) >= 11 is 5.10. The fourth-order valence-electron chi connectivity index (χ4n) is 4.31. The van der Waals surface area contributed by atoms with Crippen LogP contribution >= 0.6 is 13.9 Å². The summed E-state index contributed by atoms with van der Waals surface area (Å²) in [6.45, 7) is 5.88. The number of aliphatic hydroxyl groups excluding tert-OH is 2. The van der Waals surface area contributed by atoms with Crippen LogP contribution in [0.4, 0.5) is 0 Å². The van der Waals surface area contributed by atoms with Gasteiger partial charge in [0.25, 0.3) is 18.6 Å². The Morgan fingerprint density at radius 1 is 0.795 bits per heavy atom. The molecule has 2 aliphatic heterocycles. The highest BCUT2D eigenvalue weighted by molar-refractivity contribution is 8.10. The number of aryl methyl sites for hydroxylation is 2. The maximum atomic E-state index is 11.9. The number of nitrogens with zero attached hydrogens (tertiary/aromatic N) is 4. The summed E-state index contributed by atoms with van der Waals surface area (Å²) < 4.78 is 28.3. The normalized spacial score (nSPS) is 25.3. The van der Waals surface area contributed by atoms with Crippen molar-refractivity contribution in [2.75, 3.05) is 52.7 Å². The molecule has 2 saturated heterocycles. The zero-order valence-corrected chi connectivity index (χ0v) is 26.1. The summed E-state index contributed by atoms with van der Waals surface area (Å²) in [5.41, 5.74) is -1.53. The number of aromatic amines is 2. The molecule has 6 N–H and O–H groups in total. The molecule has 4 rings (SSSR count). The molecule has 6 atom stereocenters. The van der Waals surface area contributed by atoms with Crippen molar-refractivity contribution in [2.24, 2.45) is 0 Å². The Bertz CT molecular complexity index is 1480. The van der Waals surface area contributed by atoms with Gasteiger partial charge in [-0.25, -0.2) is 18.9 Å². The highest BCUT2D eigenvalue weighted by Gasteiger charge is 2.36. The molecule has 2 aromatic rings. The third-order valence-electron chi connectivity index (χ3n) is 6.63. The van der Waals surface area contributed by atoms with Crippen molar-refractivity contribution in [3.63, 3.8) is 0 Å². The summed E-state index contributed by atoms with van der Waals surface area (Å²) in [6, 6.07) is 0. The minimum atomic E-state index is -3.53. The SMILES string of the molecule is C.C.Cc1cn([C@H]2CN(P(C)(=O)O)C[C@@H](CO)O2)c(=O)[nH]c1=O.Cc1cn([C@H]2CN(P(C)(O)=S)C[C@@H](CO)O2)c(=O)[nH]c1=O. The molecule has 0 saturated carbocycles. The van der Waals surface area contributed by atoms with Crippen molar-refractivity contribution in [2.45, 2.75) is 53.4 Å². The lowest BCUT2D eigenvalue weighted by molar-refractivity contribution is -0.120. The van der Waals surface area contributed by atoms with Gasteiger partial charge in [-0.3, -0.25) is 33.3 Å². The minimum absolute atomic E-state index is 0. The van der Waals surface area contributed by atoms with Crippen LogP contribution in [-0.2, 0) is 25.8 Å². The van der Waals surface area contributed by atoms with Gasteiger partial charge in [-0.05, 0) is 13.8 Å². The summed E-state index contributed by atoms with van der Waals surface area (Å²) in [4.78, 5) is 70.6. The molecule has 0 spiro atoms. The van der Waals surface area contributed by atoms with Crippen LogP contribution < -0.4 is 22.5 Å². The van der Waals surface area contributed by atoms with Crippen molar-refractivity contribution >= 4 is 25.7 Å². The molecule has 0 radical (unpaired) electrons. The molecule has 2 unspecified atom stereocenters. The highest BCUT2D eigenvalue weighted by atomic mass is 32.4. The second kappa shape index (κ2) is 16.0. The van der Waals surface area contributed by atoms with E-state index < -0.39 is 61.1 Å². The lowest BCUT2D eigenvalue weighted by atomic mass is 10.3. The molecule has 0 amide bonds. The summed E-state index contributed by atoms with van der Waals surface area (Å²) in [5, 5.41) is 18.5. The van der Waals surface area contributed by atoms with Crippen molar-refractivity contribution in [1.82, 2.24) is 28.4 Å². The molecule has 4 heterocycles. The molecular weight excluding hydrogens is 642 g/mol. The largest absolute Gasteiger partial charge is 0.394 e. The third-order valence-corrected chi connectivity index (χ3v) is 10.1. The Morgan fingerprint density at radius 2 is 1.16 bits per heavy atom. The van der Waals surface area contributed by atoms with Gasteiger partial charge < -0.3 is 29.5 Å². The second-order valence-corrected chi connectivity index (χ2v) is 16.7. The Labute approximate surface area is 259 Å². The predicted octanol–water partition coefficient (Wildman–Crippen LogP) is -0.908. The van der Waals surface area contributed by atoms with E-state index in [2.05, 4.69) is 9.97 Å². The molecule has 0 aliphatic carbocycles. The highest BCUT2D eigenvalue weighted by Crippen LogP contribution is 2.44. The topological polar surface area (TPSA) is 233 Å². The van der Waals surface area contributed by atoms with Gasteiger partial charge in [0, 0.05) is 49.9 Å². The van der Waals surface area contributed by atoms with Crippen LogP contribution in [0.2, 0.25) is 0 Å². The zero-order valence-electron chi connectivity index (χ0n) is 23.4. The van der Waals surface area contributed by atoms with Crippen LogP contribution in [0.15, 0.2) is 31.6 Å². The fraction of sp³-hybridized carbons (Fsp3) is 0.667. The van der Waals surface area contributed by atoms with Gasteiger partial charge in [0.05, 0.1) is 38.5 Å². The van der Waals surface area contributed by atoms with E-state index in [1.165, 1.54) is 35.2 Å². The van der Waals surface area contributed by atoms with Gasteiger partial charge in [-0.15, -0.1) is 0 Å². The maximum Gasteiger partial charge on any atom is 0.330 e. The standard InChI is InChI=1S/C11H18N3O6P.C11H18N3O5PS.2CH4/c1-7-3-14(11(17)12-10(7)16)9-5-13(21(2,18)19)4-8(6-15)20-9;1-7-3-14(11(17)12-10(7)16)9-5-13(20(2,18)21)4-8(6-15)19-9;;/h3,8-9,15H,4-6H2,1-2H3,(H,18,19)(H,12,16,17);3,8-9,15H,4-6H2,1-2H3,(H,18,21)(H,12,16,17);2*1H4/t8-,9+;8-,9+,20?;;/m00../s1. The smallest absolute Gasteiger partial charge is 0.330 e. The van der Waals surface area contributed by atoms with E-state index in [1.807, 2.05) is 0 Å². The van der Waals surface area contributed by atoms with E-state index in [-0.39, 0.29) is 47.7 Å². The number of hydrogen-bond acceptors (Lipinski definition) is 10. The van der Waals surface area contributed by atoms with Crippen LogP contribution in [0.1, 0.15) is 38.4 Å². The first-order valence-corrected chi connectivity index (χ1v) is 17.9. The Balaban J connectivity index is 0.000000421. The average molecular weight is 687 g/mol. The van der Waals surface area contributed by atoms with Crippen LogP contribution in [0.5, 0.6) is 0 Å². The fourth-order valence-corrected chi connectivity index (χ4v) is 6.57. The predicted molar refractivity (Wildman–Crippen MR) is 169 cm³/mol. The number of aliphatic hydroxyl groups is 2. The number of aromatic nitrogens is 4. The quantitative estimate of drug-likeness (QED) is 0.202. The van der Waals surface area contributed by atoms with E-state index in [0.717, 1.165) is 4.57 Å². The van der Waals surface area contributed by atoms with E-state index in [4.69, 9.17) is 21.3 Å². The monoisotopic (exact) mass is 686 g/mol. The third kappa shape index (κ3) is 9.96. The lowest BCUT2D eigenvalue weighted by Gasteiger charge is -2.40. The zero-order chi connectivity index (χ0) is 31.6. The average Bonchev–Trinajstić information content (AvgIpc) is 2.91. The Kier molecular flexibility index (Phi) is 14.5. The van der Waals surface area contributed by atoms with Crippen LogP contribution in [0.25, 0.3) is 0 Å². The van der Waals surface area contributed by atoms with Crippen molar-refractivity contribution in [3.05, 3.63) is 65.2 Å². The minimum Gasteiger partial charge on any atom is -0.394 e. The summed E-state index contributed by atoms with van der Waals surface area (Å²) in [6.07, 6.45) is -2.80. The molecule has 0 bridgehead atoms. The second-order valence-electron chi connectivity index (χ2n) is 10.2. The van der Waals surface area contributed by atoms with E-state index in [0.29, 0.717) is 17.7 Å². The number of H-pyrrole nitrogens is 2. The molecule has 0 aromatic carbocycles. The molecule has 2 fully saturated rings. The van der Waals surface area contributed by atoms with E-state index in [1.54, 1.807) is 18.3 Å². The first kappa shape index (κ1) is 39.9. The Morgan fingerprint density at radius 3 is 1.50 bits per heavy atom. The molecular formula is C24H44N6O11P2S. The van der Waals surface area contributed by atoms with Gasteiger partial charge >= 0.3 is 11.4 Å². The first-order chi connectivity index (χ1) is 19.4. The van der Waals surface area contributed by atoms with Gasteiger partial charge in [0.2, 0.25) is 0 Å². The van der Waals surface area contributed by atoms with Gasteiger partial charge in [-0.1, -0.05) is 26.7 Å².